The molecule has 0 bridgehead atoms. The van der Waals surface area contributed by atoms with Gasteiger partial charge < -0.3 is 20.1 Å². The second-order valence-corrected chi connectivity index (χ2v) is 10.1. The molecule has 0 aliphatic carbocycles. The van der Waals surface area contributed by atoms with Crippen molar-refractivity contribution in [3.63, 3.8) is 0 Å². The number of rotatable bonds is 10. The quantitative estimate of drug-likeness (QED) is 0.363. The Labute approximate surface area is 223 Å². The van der Waals surface area contributed by atoms with Crippen molar-refractivity contribution in [2.24, 2.45) is 5.92 Å². The van der Waals surface area contributed by atoms with Gasteiger partial charge in [0.1, 0.15) is 6.61 Å². The van der Waals surface area contributed by atoms with Crippen molar-refractivity contribution in [1.29, 1.82) is 0 Å². The summed E-state index contributed by atoms with van der Waals surface area (Å²) < 4.78 is 5.43. The summed E-state index contributed by atoms with van der Waals surface area (Å²) in [5.41, 5.74) is 2.14. The van der Waals surface area contributed by atoms with Gasteiger partial charge in [-0.1, -0.05) is 72.8 Å². The summed E-state index contributed by atoms with van der Waals surface area (Å²) in [6, 6.07) is 19.3. The molecule has 1 aliphatic rings. The molecule has 2 aromatic rings. The van der Waals surface area contributed by atoms with Gasteiger partial charge in [0, 0.05) is 37.4 Å². The Morgan fingerprint density at radius 1 is 1.03 bits per heavy atom. The van der Waals surface area contributed by atoms with Crippen LogP contribution < -0.4 is 5.32 Å². The molecule has 8 heteroatoms. The van der Waals surface area contributed by atoms with Gasteiger partial charge in [0.15, 0.2) is 0 Å². The number of hydrogen-bond acceptors (Lipinski definition) is 6. The van der Waals surface area contributed by atoms with Gasteiger partial charge in [-0.2, -0.15) is 11.8 Å². The number of carbonyl (C=O) groups is 3. The van der Waals surface area contributed by atoms with Crippen LogP contribution in [0.3, 0.4) is 0 Å². The van der Waals surface area contributed by atoms with Crippen LogP contribution in [0.1, 0.15) is 36.8 Å². The highest BCUT2D eigenvalue weighted by molar-refractivity contribution is 7.98. The maximum absolute atomic E-state index is 13.3. The van der Waals surface area contributed by atoms with Gasteiger partial charge >= 0.3 is 5.97 Å². The lowest BCUT2D eigenvalue weighted by Crippen LogP contribution is -2.45. The van der Waals surface area contributed by atoms with E-state index in [0.717, 1.165) is 11.3 Å². The first-order valence-electron chi connectivity index (χ1n) is 12.7. The summed E-state index contributed by atoms with van der Waals surface area (Å²) in [7, 11) is 0. The predicted octanol–water partition coefficient (Wildman–Crippen LogP) is 3.72. The summed E-state index contributed by atoms with van der Waals surface area (Å²) >= 11 is 1.66. The molecule has 2 N–H and O–H groups in total. The fourth-order valence-electron chi connectivity index (χ4n) is 4.03. The van der Waals surface area contributed by atoms with Crippen LogP contribution in [-0.2, 0) is 31.4 Å². The minimum Gasteiger partial charge on any atom is -0.463 e. The third kappa shape index (κ3) is 10.4. The van der Waals surface area contributed by atoms with Crippen molar-refractivity contribution in [3.8, 4) is 0 Å². The van der Waals surface area contributed by atoms with E-state index in [-0.39, 0.29) is 56.4 Å². The molecule has 3 rings (SSSR count). The molecule has 2 unspecified atom stereocenters. The number of amides is 2. The number of hydrogen-bond donors (Lipinski definition) is 2. The van der Waals surface area contributed by atoms with Crippen LogP contribution in [0.25, 0.3) is 0 Å². The number of aliphatic hydroxyl groups is 1. The van der Waals surface area contributed by atoms with E-state index in [1.54, 1.807) is 16.7 Å². The van der Waals surface area contributed by atoms with Gasteiger partial charge in [0.2, 0.25) is 11.8 Å². The summed E-state index contributed by atoms with van der Waals surface area (Å²) in [4.78, 5) is 40.2. The number of ether oxygens (including phenoxy) is 1. The Hall–Kier alpha value is -3.10. The lowest BCUT2D eigenvalue weighted by atomic mass is 9.98. The first-order valence-corrected chi connectivity index (χ1v) is 13.9. The van der Waals surface area contributed by atoms with Crippen LogP contribution in [0.5, 0.6) is 0 Å². The minimum absolute atomic E-state index is 0.0344. The Morgan fingerprint density at radius 3 is 2.43 bits per heavy atom. The Balaban J connectivity index is 1.66. The van der Waals surface area contributed by atoms with Crippen LogP contribution in [0.2, 0.25) is 0 Å². The molecule has 0 saturated heterocycles. The molecular formula is C29H36N2O5S. The molecule has 198 valence electrons. The zero-order chi connectivity index (χ0) is 26.3. The fourth-order valence-corrected chi connectivity index (χ4v) is 5.04. The first-order chi connectivity index (χ1) is 18.0. The monoisotopic (exact) mass is 524 g/mol. The summed E-state index contributed by atoms with van der Waals surface area (Å²) in [5.74, 6) is 0.0992. The Kier molecular flexibility index (Phi) is 12.2. The van der Waals surface area contributed by atoms with Crippen molar-refractivity contribution in [3.05, 3.63) is 83.9 Å². The number of nitrogens with one attached hydrogen (secondary N) is 1. The van der Waals surface area contributed by atoms with Gasteiger partial charge in [-0.05, 0) is 24.0 Å². The van der Waals surface area contributed by atoms with Crippen molar-refractivity contribution in [2.75, 3.05) is 25.5 Å². The van der Waals surface area contributed by atoms with E-state index in [0.29, 0.717) is 25.1 Å². The van der Waals surface area contributed by atoms with Gasteiger partial charge in [0.05, 0.1) is 18.6 Å². The topological polar surface area (TPSA) is 95.9 Å². The van der Waals surface area contributed by atoms with Crippen molar-refractivity contribution in [1.82, 2.24) is 10.2 Å². The van der Waals surface area contributed by atoms with E-state index in [9.17, 15) is 19.5 Å². The molecule has 2 aromatic carbocycles. The molecule has 0 fully saturated rings. The average molecular weight is 525 g/mol. The number of carbonyl (C=O) groups excluding carboxylic acids is 3. The Morgan fingerprint density at radius 2 is 1.73 bits per heavy atom. The predicted molar refractivity (Wildman–Crippen MR) is 146 cm³/mol. The largest absolute Gasteiger partial charge is 0.463 e. The standard InChI is InChI=1S/C29H36N2O5S/c32-17-16-31(19-23-10-4-1-5-11-23)27(33)18-25-14-8-3-9-15-28(34)36-20-26(30-29(25)35)22-37-21-24-12-6-2-7-13-24/h1-8,10-13,25-26,32H,9,14-22H2,(H,30,35). The number of benzene rings is 2. The second kappa shape index (κ2) is 15.9. The second-order valence-electron chi connectivity index (χ2n) is 9.06. The molecule has 37 heavy (non-hydrogen) atoms. The molecule has 2 amide bonds. The Bertz CT molecular complexity index is 1020. The third-order valence-corrected chi connectivity index (χ3v) is 7.23. The van der Waals surface area contributed by atoms with E-state index in [4.69, 9.17) is 4.74 Å². The number of cyclic esters (lactones) is 1. The number of allylic oxidation sites excluding steroid dienone is 2. The molecular weight excluding hydrogens is 488 g/mol. The van der Waals surface area contributed by atoms with Crippen molar-refractivity contribution >= 4 is 29.5 Å². The van der Waals surface area contributed by atoms with Crippen molar-refractivity contribution < 1.29 is 24.2 Å². The number of esters is 1. The lowest BCUT2D eigenvalue weighted by Gasteiger charge is -2.26. The van der Waals surface area contributed by atoms with Gasteiger partial charge in [-0.3, -0.25) is 14.4 Å². The lowest BCUT2D eigenvalue weighted by molar-refractivity contribution is -0.145. The molecule has 1 heterocycles. The highest BCUT2D eigenvalue weighted by Crippen LogP contribution is 2.18. The van der Waals surface area contributed by atoms with E-state index in [1.807, 2.05) is 72.8 Å². The smallest absolute Gasteiger partial charge is 0.306 e. The van der Waals surface area contributed by atoms with Crippen LogP contribution in [0.15, 0.2) is 72.8 Å². The summed E-state index contributed by atoms with van der Waals surface area (Å²) in [5, 5.41) is 12.5. The van der Waals surface area contributed by atoms with E-state index < -0.39 is 5.92 Å². The van der Waals surface area contributed by atoms with Gasteiger partial charge in [0.25, 0.3) is 0 Å². The molecule has 1 aliphatic heterocycles. The van der Waals surface area contributed by atoms with Gasteiger partial charge in [-0.15, -0.1) is 0 Å². The number of aliphatic hydroxyl groups excluding tert-OH is 1. The van der Waals surface area contributed by atoms with E-state index in [1.165, 1.54) is 5.56 Å². The maximum atomic E-state index is 13.3. The maximum Gasteiger partial charge on any atom is 0.306 e. The summed E-state index contributed by atoms with van der Waals surface area (Å²) in [6.07, 6.45) is 4.95. The van der Waals surface area contributed by atoms with Crippen LogP contribution >= 0.6 is 11.8 Å². The van der Waals surface area contributed by atoms with Crippen LogP contribution in [0, 0.1) is 5.92 Å². The van der Waals surface area contributed by atoms with E-state index in [2.05, 4.69) is 5.32 Å². The SMILES string of the molecule is O=C1CCC=CCC(CC(=O)N(CCO)Cc2ccccc2)C(=O)NC(CSCc2ccccc2)CO1. The van der Waals surface area contributed by atoms with Crippen LogP contribution in [-0.4, -0.2) is 59.3 Å². The molecule has 0 radical (unpaired) electrons. The third-order valence-electron chi connectivity index (χ3n) is 6.06. The number of nitrogens with zero attached hydrogens (tertiary/aromatic N) is 1. The first kappa shape index (κ1) is 28.5. The highest BCUT2D eigenvalue weighted by atomic mass is 32.2. The summed E-state index contributed by atoms with van der Waals surface area (Å²) in [6.45, 7) is 0.522. The zero-order valence-corrected chi connectivity index (χ0v) is 21.9. The highest BCUT2D eigenvalue weighted by Gasteiger charge is 2.27. The van der Waals surface area contributed by atoms with Crippen molar-refractivity contribution in [2.45, 2.75) is 44.0 Å². The molecule has 7 nitrogen and oxygen atoms in total. The normalized spacial score (nSPS) is 18.7. The van der Waals surface area contributed by atoms with Crippen LogP contribution in [0.4, 0.5) is 0 Å². The molecule has 0 aromatic heterocycles. The number of thioether (sulfide) groups is 1. The van der Waals surface area contributed by atoms with E-state index >= 15 is 0 Å². The average Bonchev–Trinajstić information content (AvgIpc) is 2.91. The molecule has 2 atom stereocenters. The van der Waals surface area contributed by atoms with Gasteiger partial charge in [-0.25, -0.2) is 0 Å². The zero-order valence-electron chi connectivity index (χ0n) is 21.1. The molecule has 0 spiro atoms. The minimum atomic E-state index is -0.558. The molecule has 0 saturated carbocycles. The fraction of sp³-hybridized carbons (Fsp3) is 0.414.